The molecular weight excluding hydrogens is 398 g/mol. The summed E-state index contributed by atoms with van der Waals surface area (Å²) >= 11 is 3.93. The lowest BCUT2D eigenvalue weighted by Crippen LogP contribution is -2.02. The molecule has 3 nitrogen and oxygen atoms in total. The summed E-state index contributed by atoms with van der Waals surface area (Å²) in [5, 5.41) is 9.42. The minimum Gasteiger partial charge on any atom is -0.506 e. The van der Waals surface area contributed by atoms with Crippen LogP contribution in [0.15, 0.2) is 12.1 Å². The SMILES string of the molecule is COC(=O)c1cc(I)c(O)c(I)c1. The first-order valence-corrected chi connectivity index (χ1v) is 5.48. The van der Waals surface area contributed by atoms with Crippen molar-refractivity contribution in [2.24, 2.45) is 0 Å². The molecule has 0 saturated heterocycles. The topological polar surface area (TPSA) is 46.5 Å². The monoisotopic (exact) mass is 404 g/mol. The van der Waals surface area contributed by atoms with Crippen LogP contribution in [-0.2, 0) is 4.74 Å². The van der Waals surface area contributed by atoms with Crippen LogP contribution in [0.5, 0.6) is 5.75 Å². The van der Waals surface area contributed by atoms with Gasteiger partial charge in [-0.25, -0.2) is 4.79 Å². The third kappa shape index (κ3) is 2.46. The molecule has 1 aromatic carbocycles. The van der Waals surface area contributed by atoms with Crippen LogP contribution in [-0.4, -0.2) is 18.2 Å². The Morgan fingerprint density at radius 2 is 1.85 bits per heavy atom. The van der Waals surface area contributed by atoms with Crippen molar-refractivity contribution in [2.75, 3.05) is 7.11 Å². The number of carbonyl (C=O) groups is 1. The van der Waals surface area contributed by atoms with Gasteiger partial charge >= 0.3 is 5.97 Å². The zero-order valence-electron chi connectivity index (χ0n) is 6.67. The smallest absolute Gasteiger partial charge is 0.337 e. The van der Waals surface area contributed by atoms with E-state index in [2.05, 4.69) is 4.74 Å². The second kappa shape index (κ2) is 4.45. The predicted molar refractivity (Wildman–Crippen MR) is 64.9 cm³/mol. The first-order chi connectivity index (χ1) is 6.06. The largest absolute Gasteiger partial charge is 0.506 e. The van der Waals surface area contributed by atoms with E-state index in [1.54, 1.807) is 12.1 Å². The number of esters is 1. The van der Waals surface area contributed by atoms with E-state index in [9.17, 15) is 9.90 Å². The fourth-order valence-corrected chi connectivity index (χ4v) is 2.57. The van der Waals surface area contributed by atoms with Gasteiger partial charge in [0.15, 0.2) is 0 Å². The van der Waals surface area contributed by atoms with Crippen molar-refractivity contribution in [3.8, 4) is 5.75 Å². The Bertz CT molecular complexity index is 326. The highest BCUT2D eigenvalue weighted by molar-refractivity contribution is 14.1. The predicted octanol–water partition coefficient (Wildman–Crippen LogP) is 2.39. The fourth-order valence-electron chi connectivity index (χ4n) is 0.801. The molecule has 70 valence electrons. The molecule has 0 aliphatic carbocycles. The second-order valence-electron chi connectivity index (χ2n) is 2.28. The van der Waals surface area contributed by atoms with Gasteiger partial charge in [-0.15, -0.1) is 0 Å². The quantitative estimate of drug-likeness (QED) is 0.578. The number of rotatable bonds is 1. The van der Waals surface area contributed by atoms with E-state index in [4.69, 9.17) is 0 Å². The van der Waals surface area contributed by atoms with Crippen molar-refractivity contribution in [1.82, 2.24) is 0 Å². The summed E-state index contributed by atoms with van der Waals surface area (Å²) in [7, 11) is 1.33. The van der Waals surface area contributed by atoms with Crippen LogP contribution in [0.1, 0.15) is 10.4 Å². The Balaban J connectivity index is 3.20. The van der Waals surface area contributed by atoms with E-state index >= 15 is 0 Å². The van der Waals surface area contributed by atoms with Crippen LogP contribution >= 0.6 is 45.2 Å². The molecule has 13 heavy (non-hydrogen) atoms. The van der Waals surface area contributed by atoms with Crippen LogP contribution in [0.3, 0.4) is 0 Å². The highest BCUT2D eigenvalue weighted by Gasteiger charge is 2.11. The van der Waals surface area contributed by atoms with Crippen LogP contribution in [0, 0.1) is 7.14 Å². The lowest BCUT2D eigenvalue weighted by atomic mass is 10.2. The number of ether oxygens (including phenoxy) is 1. The summed E-state index contributed by atoms with van der Waals surface area (Å²) in [5.41, 5.74) is 0.453. The third-order valence-corrected chi connectivity index (χ3v) is 3.08. The minimum absolute atomic E-state index is 0.203. The molecule has 0 aliphatic heterocycles. The number of methoxy groups -OCH3 is 1. The maximum absolute atomic E-state index is 11.1. The summed E-state index contributed by atoms with van der Waals surface area (Å²) in [6, 6.07) is 3.17. The molecule has 0 aliphatic rings. The van der Waals surface area contributed by atoms with Crippen molar-refractivity contribution >= 4 is 51.2 Å². The van der Waals surface area contributed by atoms with Gasteiger partial charge in [-0.3, -0.25) is 0 Å². The number of hydrogen-bond acceptors (Lipinski definition) is 3. The Hall–Kier alpha value is -0.0500. The average Bonchev–Trinajstić information content (AvgIpc) is 2.12. The summed E-state index contributed by atoms with van der Waals surface area (Å²) in [6.07, 6.45) is 0. The van der Waals surface area contributed by atoms with Crippen LogP contribution in [0.2, 0.25) is 0 Å². The van der Waals surface area contributed by atoms with Crippen LogP contribution in [0.25, 0.3) is 0 Å². The van der Waals surface area contributed by atoms with Gasteiger partial charge in [-0.1, -0.05) is 0 Å². The van der Waals surface area contributed by atoms with Crippen LogP contribution in [0.4, 0.5) is 0 Å². The van der Waals surface area contributed by atoms with E-state index in [1.807, 2.05) is 45.2 Å². The zero-order chi connectivity index (χ0) is 10.0. The summed E-state index contributed by atoms with van der Waals surface area (Å²) in [4.78, 5) is 11.1. The number of aromatic hydroxyl groups is 1. The molecule has 1 rings (SSSR count). The molecule has 0 saturated carbocycles. The van der Waals surface area contributed by atoms with E-state index in [-0.39, 0.29) is 5.75 Å². The van der Waals surface area contributed by atoms with Gasteiger partial charge in [0.1, 0.15) is 5.75 Å². The van der Waals surface area contributed by atoms with Crippen molar-refractivity contribution < 1.29 is 14.6 Å². The van der Waals surface area contributed by atoms with E-state index in [0.29, 0.717) is 12.7 Å². The van der Waals surface area contributed by atoms with Crippen molar-refractivity contribution in [1.29, 1.82) is 0 Å². The molecule has 0 amide bonds. The van der Waals surface area contributed by atoms with Gasteiger partial charge in [-0.05, 0) is 57.3 Å². The molecule has 0 unspecified atom stereocenters. The molecule has 0 atom stereocenters. The lowest BCUT2D eigenvalue weighted by molar-refractivity contribution is 0.0600. The van der Waals surface area contributed by atoms with Gasteiger partial charge in [0.2, 0.25) is 0 Å². The molecule has 0 fully saturated rings. The summed E-state index contributed by atoms with van der Waals surface area (Å²) in [5.74, 6) is -0.190. The molecular formula is C8H6I2O3. The van der Waals surface area contributed by atoms with E-state index in [1.165, 1.54) is 7.11 Å². The standard InChI is InChI=1S/C8H6I2O3/c1-13-8(12)4-2-5(9)7(11)6(10)3-4/h2-3,11H,1H3. The Morgan fingerprint density at radius 1 is 1.38 bits per heavy atom. The number of carbonyl (C=O) groups excluding carboxylic acids is 1. The molecule has 0 spiro atoms. The summed E-state index contributed by atoms with van der Waals surface area (Å²) < 4.78 is 5.85. The number of halogens is 2. The molecule has 1 N–H and O–H groups in total. The molecule has 5 heteroatoms. The normalized spacial score (nSPS) is 9.77. The zero-order valence-corrected chi connectivity index (χ0v) is 11.0. The first-order valence-electron chi connectivity index (χ1n) is 3.32. The molecule has 1 aromatic rings. The molecule has 0 heterocycles. The number of phenols is 1. The minimum atomic E-state index is -0.393. The second-order valence-corrected chi connectivity index (χ2v) is 4.60. The van der Waals surface area contributed by atoms with E-state index < -0.39 is 5.97 Å². The van der Waals surface area contributed by atoms with Crippen molar-refractivity contribution in [3.63, 3.8) is 0 Å². The van der Waals surface area contributed by atoms with Gasteiger partial charge in [0, 0.05) is 0 Å². The summed E-state index contributed by atoms with van der Waals surface area (Å²) in [6.45, 7) is 0. The van der Waals surface area contributed by atoms with Crippen molar-refractivity contribution in [2.45, 2.75) is 0 Å². The molecule has 0 bridgehead atoms. The number of benzene rings is 1. The fraction of sp³-hybridized carbons (Fsp3) is 0.125. The first kappa shape index (κ1) is 11.0. The average molecular weight is 404 g/mol. The highest BCUT2D eigenvalue weighted by atomic mass is 127. The van der Waals surface area contributed by atoms with Gasteiger partial charge in [-0.2, -0.15) is 0 Å². The highest BCUT2D eigenvalue weighted by Crippen LogP contribution is 2.27. The Morgan fingerprint density at radius 3 is 2.23 bits per heavy atom. The Kier molecular flexibility index (Phi) is 3.77. The third-order valence-electron chi connectivity index (χ3n) is 1.44. The Labute approximate surface area is 103 Å². The van der Waals surface area contributed by atoms with Gasteiger partial charge < -0.3 is 9.84 Å². The van der Waals surface area contributed by atoms with Crippen molar-refractivity contribution in [3.05, 3.63) is 24.8 Å². The number of hydrogen-bond donors (Lipinski definition) is 1. The van der Waals surface area contributed by atoms with Gasteiger partial charge in [0.25, 0.3) is 0 Å². The molecule has 0 radical (unpaired) electrons. The number of phenolic OH excluding ortho intramolecular Hbond substituents is 1. The maximum Gasteiger partial charge on any atom is 0.337 e. The van der Waals surface area contributed by atoms with E-state index in [0.717, 1.165) is 0 Å². The lowest BCUT2D eigenvalue weighted by Gasteiger charge is -2.03. The van der Waals surface area contributed by atoms with Crippen LogP contribution < -0.4 is 0 Å². The van der Waals surface area contributed by atoms with Gasteiger partial charge in [0.05, 0.1) is 19.8 Å². The maximum atomic E-state index is 11.1. The molecule has 0 aromatic heterocycles.